The summed E-state index contributed by atoms with van der Waals surface area (Å²) in [7, 11) is 1.59. The average Bonchev–Trinajstić information content (AvgIpc) is 3.56. The number of aromatic nitrogens is 4. The molecule has 0 fully saturated rings. The van der Waals surface area contributed by atoms with Crippen LogP contribution in [0.1, 0.15) is 23.1 Å². The lowest BCUT2D eigenvalue weighted by Crippen LogP contribution is -2.37. The van der Waals surface area contributed by atoms with E-state index in [9.17, 15) is 9.18 Å². The molecular weight excluding hydrogens is 455 g/mol. The lowest BCUT2D eigenvalue weighted by Gasteiger charge is -2.26. The van der Waals surface area contributed by atoms with Crippen molar-refractivity contribution in [1.29, 1.82) is 0 Å². The third kappa shape index (κ3) is 4.82. The van der Waals surface area contributed by atoms with E-state index in [1.165, 1.54) is 6.07 Å². The van der Waals surface area contributed by atoms with Gasteiger partial charge in [0.05, 0.1) is 19.8 Å². The first-order valence-electron chi connectivity index (χ1n) is 11.5. The number of methoxy groups -OCH3 is 1. The molecule has 0 saturated carbocycles. The predicted molar refractivity (Wildman–Crippen MR) is 126 cm³/mol. The second-order valence-electron chi connectivity index (χ2n) is 8.34. The number of benzene rings is 1. The van der Waals surface area contributed by atoms with Crippen LogP contribution in [0.4, 0.5) is 10.3 Å². The molecule has 35 heavy (non-hydrogen) atoms. The molecule has 184 valence electrons. The lowest BCUT2D eigenvalue weighted by molar-refractivity contribution is -0.136. The van der Waals surface area contributed by atoms with Gasteiger partial charge in [-0.05, 0) is 24.1 Å². The standard InChI is InChI=1S/C24H27FN6O4/c1-33-10-11-34-14-22(32)30-7-4-16(5-8-30)18-12-26-24(31-15-28-29-23(18)31)27-13-19-17-6-9-35-21(17)3-2-20(19)25/h2-4,12,15H,5-11,13-14H2,1H3,(H,26,27). The van der Waals surface area contributed by atoms with Gasteiger partial charge in [0, 0.05) is 56.1 Å². The summed E-state index contributed by atoms with van der Waals surface area (Å²) in [5.74, 6) is 0.936. The van der Waals surface area contributed by atoms with Crippen LogP contribution in [0.25, 0.3) is 11.2 Å². The number of nitrogens with one attached hydrogen (secondary N) is 1. The maximum Gasteiger partial charge on any atom is 0.248 e. The Morgan fingerprint density at radius 2 is 2.20 bits per heavy atom. The van der Waals surface area contributed by atoms with E-state index in [0.29, 0.717) is 62.9 Å². The molecule has 0 unspecified atom stereocenters. The van der Waals surface area contributed by atoms with Crippen molar-refractivity contribution in [2.45, 2.75) is 19.4 Å². The van der Waals surface area contributed by atoms with Crippen LogP contribution in [0.2, 0.25) is 0 Å². The van der Waals surface area contributed by atoms with E-state index in [1.807, 2.05) is 6.08 Å². The Kier molecular flexibility index (Phi) is 6.87. The summed E-state index contributed by atoms with van der Waals surface area (Å²) in [5.41, 5.74) is 4.04. The minimum Gasteiger partial charge on any atom is -0.493 e. The van der Waals surface area contributed by atoms with Gasteiger partial charge in [-0.1, -0.05) is 6.08 Å². The number of carbonyl (C=O) groups excluding carboxylic acids is 1. The maximum atomic E-state index is 14.5. The van der Waals surface area contributed by atoms with Crippen molar-refractivity contribution in [1.82, 2.24) is 24.5 Å². The van der Waals surface area contributed by atoms with Crippen molar-refractivity contribution in [2.24, 2.45) is 0 Å². The molecule has 0 radical (unpaired) electrons. The number of amides is 1. The molecule has 0 aliphatic carbocycles. The van der Waals surface area contributed by atoms with Crippen molar-refractivity contribution in [3.05, 3.63) is 53.2 Å². The molecule has 2 aliphatic heterocycles. The van der Waals surface area contributed by atoms with E-state index >= 15 is 0 Å². The van der Waals surface area contributed by atoms with Crippen LogP contribution < -0.4 is 10.1 Å². The number of hydrogen-bond donors (Lipinski definition) is 1. The topological polar surface area (TPSA) is 103 Å². The van der Waals surface area contributed by atoms with Gasteiger partial charge < -0.3 is 24.4 Å². The zero-order valence-corrected chi connectivity index (χ0v) is 19.5. The number of ether oxygens (including phenoxy) is 3. The number of halogens is 1. The first-order chi connectivity index (χ1) is 17.2. The molecule has 1 aromatic carbocycles. The molecule has 5 rings (SSSR count). The molecule has 1 N–H and O–H groups in total. The smallest absolute Gasteiger partial charge is 0.248 e. The highest BCUT2D eigenvalue weighted by Gasteiger charge is 2.22. The number of fused-ring (bicyclic) bond motifs is 2. The van der Waals surface area contributed by atoms with Crippen LogP contribution in [-0.4, -0.2) is 77.0 Å². The van der Waals surface area contributed by atoms with E-state index in [4.69, 9.17) is 14.2 Å². The Labute approximate surface area is 201 Å². The van der Waals surface area contributed by atoms with Gasteiger partial charge in [0.15, 0.2) is 5.65 Å². The van der Waals surface area contributed by atoms with Gasteiger partial charge in [0.2, 0.25) is 11.9 Å². The zero-order valence-electron chi connectivity index (χ0n) is 19.5. The molecule has 11 heteroatoms. The van der Waals surface area contributed by atoms with Gasteiger partial charge in [-0.2, -0.15) is 0 Å². The molecule has 1 amide bonds. The number of anilines is 1. The minimum atomic E-state index is -0.270. The van der Waals surface area contributed by atoms with E-state index in [0.717, 1.165) is 22.4 Å². The highest BCUT2D eigenvalue weighted by Crippen LogP contribution is 2.31. The lowest BCUT2D eigenvalue weighted by atomic mass is 10.0. The van der Waals surface area contributed by atoms with Gasteiger partial charge >= 0.3 is 0 Å². The van der Waals surface area contributed by atoms with Crippen LogP contribution in [0.15, 0.2) is 30.7 Å². The van der Waals surface area contributed by atoms with Crippen molar-refractivity contribution < 1.29 is 23.4 Å². The van der Waals surface area contributed by atoms with Crippen LogP contribution in [0, 0.1) is 5.82 Å². The Balaban J connectivity index is 1.28. The monoisotopic (exact) mass is 482 g/mol. The van der Waals surface area contributed by atoms with Crippen LogP contribution in [-0.2, 0) is 27.2 Å². The molecular formula is C24H27FN6O4. The van der Waals surface area contributed by atoms with Crippen molar-refractivity contribution >= 4 is 23.1 Å². The summed E-state index contributed by atoms with van der Waals surface area (Å²) in [4.78, 5) is 18.7. The molecule has 0 spiro atoms. The molecule has 0 saturated heterocycles. The van der Waals surface area contributed by atoms with E-state index in [-0.39, 0.29) is 24.9 Å². The first kappa shape index (κ1) is 23.2. The second-order valence-corrected chi connectivity index (χ2v) is 8.34. The van der Waals surface area contributed by atoms with Gasteiger partial charge in [0.25, 0.3) is 0 Å². The zero-order chi connectivity index (χ0) is 24.2. The SMILES string of the molecule is COCCOCC(=O)N1CC=C(c2cnc(NCc3c(F)ccc4c3CCO4)n3cnnc23)CC1. The number of carbonyl (C=O) groups is 1. The third-order valence-electron chi connectivity index (χ3n) is 6.26. The Bertz CT molecular complexity index is 1260. The van der Waals surface area contributed by atoms with Gasteiger partial charge in [-0.25, -0.2) is 9.37 Å². The summed E-state index contributed by atoms with van der Waals surface area (Å²) in [6.07, 6.45) is 6.70. The number of rotatable bonds is 9. The highest BCUT2D eigenvalue weighted by molar-refractivity contribution is 5.81. The summed E-state index contributed by atoms with van der Waals surface area (Å²) >= 11 is 0. The van der Waals surface area contributed by atoms with Crippen molar-refractivity contribution in [3.63, 3.8) is 0 Å². The minimum absolute atomic E-state index is 0.0419. The number of hydrogen-bond acceptors (Lipinski definition) is 8. The van der Waals surface area contributed by atoms with Gasteiger partial charge in [-0.15, -0.1) is 10.2 Å². The third-order valence-corrected chi connectivity index (χ3v) is 6.26. The maximum absolute atomic E-state index is 14.5. The fourth-order valence-corrected chi connectivity index (χ4v) is 4.38. The average molecular weight is 483 g/mol. The van der Waals surface area contributed by atoms with Crippen molar-refractivity contribution in [2.75, 3.05) is 51.9 Å². The van der Waals surface area contributed by atoms with Crippen LogP contribution >= 0.6 is 0 Å². The fraction of sp³-hybridized carbons (Fsp3) is 0.417. The Hall–Kier alpha value is -3.57. The van der Waals surface area contributed by atoms with E-state index < -0.39 is 0 Å². The summed E-state index contributed by atoms with van der Waals surface area (Å²) in [6, 6.07) is 3.11. The Morgan fingerprint density at radius 3 is 3.03 bits per heavy atom. The first-order valence-corrected chi connectivity index (χ1v) is 11.5. The number of nitrogens with zero attached hydrogens (tertiary/aromatic N) is 5. The van der Waals surface area contributed by atoms with E-state index in [1.54, 1.807) is 35.0 Å². The molecule has 2 aliphatic rings. The molecule has 2 aromatic heterocycles. The fourth-order valence-electron chi connectivity index (χ4n) is 4.38. The summed E-state index contributed by atoms with van der Waals surface area (Å²) < 4.78 is 32.1. The van der Waals surface area contributed by atoms with Gasteiger partial charge in [0.1, 0.15) is 24.5 Å². The molecule has 0 atom stereocenters. The summed E-state index contributed by atoms with van der Waals surface area (Å²) in [6.45, 7) is 2.79. The Morgan fingerprint density at radius 1 is 1.29 bits per heavy atom. The van der Waals surface area contributed by atoms with Crippen LogP contribution in [0.3, 0.4) is 0 Å². The van der Waals surface area contributed by atoms with Crippen molar-refractivity contribution in [3.8, 4) is 5.75 Å². The van der Waals surface area contributed by atoms with Gasteiger partial charge in [-0.3, -0.25) is 9.20 Å². The molecule has 4 heterocycles. The molecule has 10 nitrogen and oxygen atoms in total. The molecule has 3 aromatic rings. The second kappa shape index (κ2) is 10.4. The highest BCUT2D eigenvalue weighted by atomic mass is 19.1. The van der Waals surface area contributed by atoms with Crippen LogP contribution in [0.5, 0.6) is 5.75 Å². The largest absolute Gasteiger partial charge is 0.493 e. The van der Waals surface area contributed by atoms with E-state index in [2.05, 4.69) is 20.5 Å². The predicted octanol–water partition coefficient (Wildman–Crippen LogP) is 2.09. The molecule has 0 bridgehead atoms. The summed E-state index contributed by atoms with van der Waals surface area (Å²) in [5, 5.41) is 11.6. The quantitative estimate of drug-likeness (QED) is 0.463. The normalized spacial score (nSPS) is 15.1.